The number of aromatic nitrogens is 2. The molecule has 1 aromatic carbocycles. The molecule has 3 rings (SSSR count). The Morgan fingerprint density at radius 1 is 1.06 bits per heavy atom. The zero-order chi connectivity index (χ0) is 12.7. The van der Waals surface area contributed by atoms with Crippen molar-refractivity contribution in [2.75, 3.05) is 5.73 Å². The van der Waals surface area contributed by atoms with Gasteiger partial charge in [-0.1, -0.05) is 29.8 Å². The van der Waals surface area contributed by atoms with Gasteiger partial charge in [-0.2, -0.15) is 0 Å². The van der Waals surface area contributed by atoms with E-state index in [4.69, 9.17) is 5.73 Å². The molecule has 2 heterocycles. The van der Waals surface area contributed by atoms with Crippen molar-refractivity contribution < 1.29 is 0 Å². The number of benzene rings is 1. The van der Waals surface area contributed by atoms with Gasteiger partial charge < -0.3 is 10.1 Å². The number of aryl methyl sites for hydroxylation is 2. The van der Waals surface area contributed by atoms with E-state index >= 15 is 0 Å². The fourth-order valence-electron chi connectivity index (χ4n) is 2.18. The van der Waals surface area contributed by atoms with Crippen molar-refractivity contribution in [1.82, 2.24) is 9.38 Å². The third-order valence-electron chi connectivity index (χ3n) is 3.17. The van der Waals surface area contributed by atoms with Crippen LogP contribution in [0.3, 0.4) is 0 Å². The average molecular weight is 237 g/mol. The molecule has 0 unspecified atom stereocenters. The third kappa shape index (κ3) is 1.64. The Hall–Kier alpha value is -2.29. The van der Waals surface area contributed by atoms with Gasteiger partial charge in [0, 0.05) is 17.4 Å². The van der Waals surface area contributed by atoms with E-state index in [9.17, 15) is 0 Å². The fourth-order valence-corrected chi connectivity index (χ4v) is 2.18. The number of imidazole rings is 1. The van der Waals surface area contributed by atoms with Gasteiger partial charge in [-0.3, -0.25) is 0 Å². The van der Waals surface area contributed by atoms with E-state index in [0.717, 1.165) is 28.3 Å². The highest BCUT2D eigenvalue weighted by molar-refractivity contribution is 5.79. The number of hydrogen-bond acceptors (Lipinski definition) is 2. The number of nitrogens with zero attached hydrogens (tertiary/aromatic N) is 2. The summed E-state index contributed by atoms with van der Waals surface area (Å²) in [5.41, 5.74) is 11.0. The van der Waals surface area contributed by atoms with Gasteiger partial charge in [0.2, 0.25) is 0 Å². The lowest BCUT2D eigenvalue weighted by molar-refractivity contribution is 1.05. The molecule has 90 valence electrons. The first-order chi connectivity index (χ1) is 8.65. The molecule has 0 fully saturated rings. The lowest BCUT2D eigenvalue weighted by Crippen LogP contribution is -1.90. The zero-order valence-electron chi connectivity index (χ0n) is 10.5. The van der Waals surface area contributed by atoms with Gasteiger partial charge in [-0.15, -0.1) is 0 Å². The largest absolute Gasteiger partial charge is 0.399 e. The second kappa shape index (κ2) is 3.88. The number of rotatable bonds is 1. The Morgan fingerprint density at radius 2 is 1.78 bits per heavy atom. The standard InChI is InChI=1S/C15H15N3/c1-10-3-5-12(6-4-10)15-14-9-13(16)7-8-18(14)11(2)17-15/h3-9H,16H2,1-2H3. The first-order valence-electron chi connectivity index (χ1n) is 5.96. The molecule has 3 aromatic rings. The second-order valence-corrected chi connectivity index (χ2v) is 4.59. The normalized spacial score (nSPS) is 11.0. The topological polar surface area (TPSA) is 43.3 Å². The lowest BCUT2D eigenvalue weighted by atomic mass is 10.1. The van der Waals surface area contributed by atoms with Crippen molar-refractivity contribution >= 4 is 11.2 Å². The van der Waals surface area contributed by atoms with Crippen LogP contribution in [0.15, 0.2) is 42.6 Å². The summed E-state index contributed by atoms with van der Waals surface area (Å²) in [6.45, 7) is 4.08. The molecule has 18 heavy (non-hydrogen) atoms. The van der Waals surface area contributed by atoms with Gasteiger partial charge in [-0.25, -0.2) is 4.98 Å². The van der Waals surface area contributed by atoms with Crippen LogP contribution in [0.2, 0.25) is 0 Å². The summed E-state index contributed by atoms with van der Waals surface area (Å²) in [5, 5.41) is 0. The minimum absolute atomic E-state index is 0.760. The monoisotopic (exact) mass is 237 g/mol. The quantitative estimate of drug-likeness (QED) is 0.706. The van der Waals surface area contributed by atoms with Crippen molar-refractivity contribution in [3.8, 4) is 11.3 Å². The van der Waals surface area contributed by atoms with Crippen LogP contribution in [-0.2, 0) is 0 Å². The maximum absolute atomic E-state index is 5.86. The SMILES string of the molecule is Cc1ccc(-c2nc(C)n3ccc(N)cc23)cc1. The highest BCUT2D eigenvalue weighted by Crippen LogP contribution is 2.26. The molecule has 0 radical (unpaired) electrons. The van der Waals surface area contributed by atoms with E-state index in [2.05, 4.69) is 40.6 Å². The van der Waals surface area contributed by atoms with E-state index in [1.165, 1.54) is 5.56 Å². The first-order valence-corrected chi connectivity index (χ1v) is 5.96. The summed E-state index contributed by atoms with van der Waals surface area (Å²) in [4.78, 5) is 4.64. The van der Waals surface area contributed by atoms with Crippen molar-refractivity contribution in [2.45, 2.75) is 13.8 Å². The van der Waals surface area contributed by atoms with Crippen LogP contribution in [0.1, 0.15) is 11.4 Å². The Morgan fingerprint density at radius 3 is 2.50 bits per heavy atom. The molecule has 0 aliphatic carbocycles. The summed E-state index contributed by atoms with van der Waals surface area (Å²) in [7, 11) is 0. The molecule has 0 aliphatic heterocycles. The molecule has 0 saturated carbocycles. The fraction of sp³-hybridized carbons (Fsp3) is 0.133. The van der Waals surface area contributed by atoms with Gasteiger partial charge in [-0.05, 0) is 26.0 Å². The van der Waals surface area contributed by atoms with Crippen LogP contribution in [-0.4, -0.2) is 9.38 Å². The molecule has 0 spiro atoms. The Labute approximate surface area is 106 Å². The average Bonchev–Trinajstić information content (AvgIpc) is 2.67. The van der Waals surface area contributed by atoms with E-state index in [1.807, 2.05) is 25.3 Å². The summed E-state index contributed by atoms with van der Waals surface area (Å²) in [5.74, 6) is 0.973. The van der Waals surface area contributed by atoms with Crippen LogP contribution in [0.4, 0.5) is 5.69 Å². The Balaban J connectivity index is 2.28. The molecule has 2 N–H and O–H groups in total. The Bertz CT molecular complexity index is 708. The van der Waals surface area contributed by atoms with Crippen LogP contribution in [0.5, 0.6) is 0 Å². The number of nitrogens with two attached hydrogens (primary N) is 1. The minimum Gasteiger partial charge on any atom is -0.399 e. The van der Waals surface area contributed by atoms with Gasteiger partial charge >= 0.3 is 0 Å². The van der Waals surface area contributed by atoms with E-state index in [-0.39, 0.29) is 0 Å². The van der Waals surface area contributed by atoms with Crippen molar-refractivity contribution in [1.29, 1.82) is 0 Å². The molecule has 0 atom stereocenters. The molecule has 3 nitrogen and oxygen atoms in total. The molecule has 0 bridgehead atoms. The van der Waals surface area contributed by atoms with Gasteiger partial charge in [0.05, 0.1) is 11.2 Å². The summed E-state index contributed by atoms with van der Waals surface area (Å²) in [6, 6.07) is 12.3. The number of pyridine rings is 1. The molecule has 0 saturated heterocycles. The van der Waals surface area contributed by atoms with Gasteiger partial charge in [0.15, 0.2) is 0 Å². The maximum atomic E-state index is 5.86. The van der Waals surface area contributed by atoms with E-state index in [0.29, 0.717) is 0 Å². The molecule has 0 aliphatic rings. The highest BCUT2D eigenvalue weighted by atomic mass is 15.0. The highest BCUT2D eigenvalue weighted by Gasteiger charge is 2.10. The number of hydrogen-bond donors (Lipinski definition) is 1. The van der Waals surface area contributed by atoms with E-state index < -0.39 is 0 Å². The third-order valence-corrected chi connectivity index (χ3v) is 3.17. The number of nitrogen functional groups attached to an aromatic ring is 1. The number of anilines is 1. The minimum atomic E-state index is 0.760. The van der Waals surface area contributed by atoms with Crippen LogP contribution in [0, 0.1) is 13.8 Å². The molecule has 2 aromatic heterocycles. The maximum Gasteiger partial charge on any atom is 0.110 e. The summed E-state index contributed by atoms with van der Waals surface area (Å²) < 4.78 is 2.06. The molecule has 0 amide bonds. The molecular weight excluding hydrogens is 222 g/mol. The Kier molecular flexibility index (Phi) is 2.33. The van der Waals surface area contributed by atoms with E-state index in [1.54, 1.807) is 0 Å². The van der Waals surface area contributed by atoms with Gasteiger partial charge in [0.1, 0.15) is 5.82 Å². The van der Waals surface area contributed by atoms with Crippen LogP contribution < -0.4 is 5.73 Å². The summed E-state index contributed by atoms with van der Waals surface area (Å²) in [6.07, 6.45) is 1.96. The second-order valence-electron chi connectivity index (χ2n) is 4.59. The summed E-state index contributed by atoms with van der Waals surface area (Å²) >= 11 is 0. The molecule has 3 heteroatoms. The number of fused-ring (bicyclic) bond motifs is 1. The van der Waals surface area contributed by atoms with Crippen LogP contribution in [0.25, 0.3) is 16.8 Å². The smallest absolute Gasteiger partial charge is 0.110 e. The zero-order valence-corrected chi connectivity index (χ0v) is 10.5. The first kappa shape index (κ1) is 10.8. The predicted molar refractivity (Wildman–Crippen MR) is 74.5 cm³/mol. The lowest BCUT2D eigenvalue weighted by Gasteiger charge is -2.01. The van der Waals surface area contributed by atoms with Crippen molar-refractivity contribution in [2.24, 2.45) is 0 Å². The molecular formula is C15H15N3. The van der Waals surface area contributed by atoms with Crippen LogP contribution >= 0.6 is 0 Å². The van der Waals surface area contributed by atoms with Crippen molar-refractivity contribution in [3.05, 3.63) is 54.0 Å². The predicted octanol–water partition coefficient (Wildman–Crippen LogP) is 3.20. The van der Waals surface area contributed by atoms with Gasteiger partial charge in [0.25, 0.3) is 0 Å². The van der Waals surface area contributed by atoms with Crippen molar-refractivity contribution in [3.63, 3.8) is 0 Å².